The molecule has 9 heteroatoms. The third-order valence-electron chi connectivity index (χ3n) is 2.70. The van der Waals surface area contributed by atoms with Crippen molar-refractivity contribution in [3.63, 3.8) is 0 Å². The molecule has 0 unspecified atom stereocenters. The first kappa shape index (κ1) is 15.2. The topological polar surface area (TPSA) is 88.0 Å². The monoisotopic (exact) mass is 443 g/mol. The lowest BCUT2D eigenvalue weighted by atomic mass is 10.2. The zero-order valence-corrected chi connectivity index (χ0v) is 14.7. The third-order valence-corrected chi connectivity index (χ3v) is 5.96. The van der Waals surface area contributed by atoms with E-state index in [0.29, 0.717) is 22.0 Å². The van der Waals surface area contributed by atoms with Crippen LogP contribution in [0.4, 0.5) is 5.69 Å². The van der Waals surface area contributed by atoms with Gasteiger partial charge in [-0.3, -0.25) is 14.3 Å². The van der Waals surface area contributed by atoms with Crippen LogP contribution in [0.2, 0.25) is 0 Å². The standard InChI is InChI=1S/C13H7Br2N3O3S/c14-8-5-9(22-10(8)15)12(19)16-7-3-1-2-6(4-7)11-17-13(20)21-18-11/h1-5H,(H,16,19)(H,17,18,20). The summed E-state index contributed by atoms with van der Waals surface area (Å²) in [6.07, 6.45) is 0. The minimum Gasteiger partial charge on any atom is -0.321 e. The lowest BCUT2D eigenvalue weighted by Gasteiger charge is -2.04. The first-order valence-electron chi connectivity index (χ1n) is 5.95. The minimum absolute atomic E-state index is 0.220. The Morgan fingerprint density at radius 1 is 1.32 bits per heavy atom. The quantitative estimate of drug-likeness (QED) is 0.641. The highest BCUT2D eigenvalue weighted by Gasteiger charge is 2.13. The number of amides is 1. The average Bonchev–Trinajstić information content (AvgIpc) is 3.06. The molecule has 22 heavy (non-hydrogen) atoms. The Morgan fingerprint density at radius 2 is 2.14 bits per heavy atom. The number of carbonyl (C=O) groups excluding carboxylic acids is 1. The fraction of sp³-hybridized carbons (Fsp3) is 0. The largest absolute Gasteiger partial charge is 0.439 e. The second-order valence-electron chi connectivity index (χ2n) is 4.21. The smallest absolute Gasteiger partial charge is 0.321 e. The number of benzene rings is 1. The molecule has 2 N–H and O–H groups in total. The fourth-order valence-electron chi connectivity index (χ4n) is 1.75. The molecule has 2 heterocycles. The van der Waals surface area contributed by atoms with Crippen LogP contribution in [0.1, 0.15) is 9.67 Å². The predicted molar refractivity (Wildman–Crippen MR) is 90.2 cm³/mol. The van der Waals surface area contributed by atoms with Crippen molar-refractivity contribution in [2.45, 2.75) is 0 Å². The number of nitrogens with zero attached hydrogens (tertiary/aromatic N) is 1. The Bertz CT molecular complexity index is 880. The van der Waals surface area contributed by atoms with E-state index in [1.807, 2.05) is 0 Å². The molecule has 0 aliphatic rings. The van der Waals surface area contributed by atoms with Gasteiger partial charge in [-0.25, -0.2) is 4.79 Å². The van der Waals surface area contributed by atoms with Gasteiger partial charge in [0.15, 0.2) is 5.82 Å². The number of nitrogens with one attached hydrogen (secondary N) is 2. The number of H-pyrrole nitrogens is 1. The van der Waals surface area contributed by atoms with Crippen molar-refractivity contribution in [1.82, 2.24) is 10.1 Å². The predicted octanol–water partition coefficient (Wildman–Crippen LogP) is 3.87. The van der Waals surface area contributed by atoms with Crippen LogP contribution >= 0.6 is 43.2 Å². The Morgan fingerprint density at radius 3 is 2.77 bits per heavy atom. The Kier molecular flexibility index (Phi) is 4.27. The highest BCUT2D eigenvalue weighted by molar-refractivity contribution is 9.13. The van der Waals surface area contributed by atoms with E-state index in [2.05, 4.69) is 51.8 Å². The molecule has 6 nitrogen and oxygen atoms in total. The Balaban J connectivity index is 1.83. The summed E-state index contributed by atoms with van der Waals surface area (Å²) in [7, 11) is 0. The molecule has 1 amide bonds. The summed E-state index contributed by atoms with van der Waals surface area (Å²) in [5.41, 5.74) is 1.23. The van der Waals surface area contributed by atoms with Crippen molar-refractivity contribution in [3.8, 4) is 11.4 Å². The highest BCUT2D eigenvalue weighted by atomic mass is 79.9. The van der Waals surface area contributed by atoms with E-state index in [-0.39, 0.29) is 5.91 Å². The summed E-state index contributed by atoms with van der Waals surface area (Å²) in [4.78, 5) is 26.2. The molecular formula is C13H7Br2N3O3S. The lowest BCUT2D eigenvalue weighted by molar-refractivity contribution is 0.103. The molecule has 0 bridgehead atoms. The van der Waals surface area contributed by atoms with Crippen LogP contribution in [0, 0.1) is 0 Å². The zero-order chi connectivity index (χ0) is 15.7. The van der Waals surface area contributed by atoms with Gasteiger partial charge in [-0.05, 0) is 50.1 Å². The van der Waals surface area contributed by atoms with Gasteiger partial charge in [0.25, 0.3) is 5.91 Å². The van der Waals surface area contributed by atoms with Crippen LogP contribution in [0.15, 0.2) is 47.9 Å². The van der Waals surface area contributed by atoms with Gasteiger partial charge in [0.2, 0.25) is 0 Å². The number of rotatable bonds is 3. The van der Waals surface area contributed by atoms with Crippen molar-refractivity contribution >= 4 is 54.8 Å². The summed E-state index contributed by atoms with van der Waals surface area (Å²) in [5, 5.41) is 6.41. The van der Waals surface area contributed by atoms with Gasteiger partial charge in [0, 0.05) is 15.7 Å². The van der Waals surface area contributed by atoms with Crippen LogP contribution in [-0.4, -0.2) is 16.0 Å². The average molecular weight is 445 g/mol. The van der Waals surface area contributed by atoms with Crippen molar-refractivity contribution in [2.75, 3.05) is 5.32 Å². The number of thiophene rings is 1. The second kappa shape index (κ2) is 6.19. The highest BCUT2D eigenvalue weighted by Crippen LogP contribution is 2.32. The van der Waals surface area contributed by atoms with Crippen molar-refractivity contribution < 1.29 is 9.32 Å². The van der Waals surface area contributed by atoms with E-state index in [0.717, 1.165) is 8.26 Å². The normalized spacial score (nSPS) is 10.6. The first-order valence-corrected chi connectivity index (χ1v) is 8.36. The summed E-state index contributed by atoms with van der Waals surface area (Å²) in [6.45, 7) is 0. The van der Waals surface area contributed by atoms with Crippen molar-refractivity contribution in [2.24, 2.45) is 0 Å². The summed E-state index contributed by atoms with van der Waals surface area (Å²) < 4.78 is 6.15. The molecule has 0 aliphatic carbocycles. The van der Waals surface area contributed by atoms with Crippen LogP contribution in [-0.2, 0) is 0 Å². The lowest BCUT2D eigenvalue weighted by Crippen LogP contribution is -2.10. The van der Waals surface area contributed by atoms with E-state index < -0.39 is 5.76 Å². The van der Waals surface area contributed by atoms with Crippen molar-refractivity contribution in [3.05, 3.63) is 54.0 Å². The van der Waals surface area contributed by atoms with Crippen LogP contribution in [0.5, 0.6) is 0 Å². The SMILES string of the molecule is O=C(Nc1cccc(-c2noc(=O)[nH]2)c1)c1cc(Br)c(Br)s1. The Labute approximate surface area is 144 Å². The summed E-state index contributed by atoms with van der Waals surface area (Å²) >= 11 is 8.03. The van der Waals surface area contributed by atoms with E-state index in [1.54, 1.807) is 30.3 Å². The van der Waals surface area contributed by atoms with Gasteiger partial charge in [-0.2, -0.15) is 0 Å². The fourth-order valence-corrected chi connectivity index (χ4v) is 3.68. The first-order chi connectivity index (χ1) is 10.5. The molecule has 0 spiro atoms. The molecule has 0 fully saturated rings. The summed E-state index contributed by atoms with van der Waals surface area (Å²) in [5.74, 6) is -0.539. The van der Waals surface area contributed by atoms with Gasteiger partial charge >= 0.3 is 5.76 Å². The third kappa shape index (κ3) is 3.21. The number of hydrogen-bond acceptors (Lipinski definition) is 5. The molecule has 2 aromatic heterocycles. The second-order valence-corrected chi connectivity index (χ2v) is 7.44. The molecular weight excluding hydrogens is 438 g/mol. The number of halogens is 2. The maximum absolute atomic E-state index is 12.2. The van der Waals surface area contributed by atoms with Gasteiger partial charge < -0.3 is 5.32 Å². The van der Waals surface area contributed by atoms with Crippen LogP contribution in [0.25, 0.3) is 11.4 Å². The molecule has 112 valence electrons. The molecule has 3 aromatic rings. The van der Waals surface area contributed by atoms with Crippen molar-refractivity contribution in [1.29, 1.82) is 0 Å². The zero-order valence-electron chi connectivity index (χ0n) is 10.7. The van der Waals surface area contributed by atoms with E-state index >= 15 is 0 Å². The maximum atomic E-state index is 12.2. The molecule has 0 radical (unpaired) electrons. The van der Waals surface area contributed by atoms with Gasteiger partial charge in [0.1, 0.15) is 0 Å². The molecule has 0 saturated heterocycles. The Hall–Kier alpha value is -1.71. The molecule has 0 saturated carbocycles. The minimum atomic E-state index is -0.627. The van der Waals surface area contributed by atoms with Gasteiger partial charge in [0.05, 0.1) is 8.66 Å². The van der Waals surface area contributed by atoms with Gasteiger partial charge in [-0.1, -0.05) is 17.3 Å². The van der Waals surface area contributed by atoms with Gasteiger partial charge in [-0.15, -0.1) is 11.3 Å². The number of hydrogen-bond donors (Lipinski definition) is 2. The molecule has 3 rings (SSSR count). The maximum Gasteiger partial charge on any atom is 0.439 e. The number of anilines is 1. The number of carbonyl (C=O) groups is 1. The summed E-state index contributed by atoms with van der Waals surface area (Å²) in [6, 6.07) is 8.68. The van der Waals surface area contributed by atoms with E-state index in [9.17, 15) is 9.59 Å². The number of aromatic amines is 1. The van der Waals surface area contributed by atoms with E-state index in [1.165, 1.54) is 11.3 Å². The molecule has 1 aromatic carbocycles. The molecule has 0 aliphatic heterocycles. The van der Waals surface area contributed by atoms with Crippen LogP contribution < -0.4 is 11.1 Å². The van der Waals surface area contributed by atoms with E-state index in [4.69, 9.17) is 0 Å². The van der Waals surface area contributed by atoms with Crippen LogP contribution in [0.3, 0.4) is 0 Å². The molecule has 0 atom stereocenters. The number of aromatic nitrogens is 2.